The molecule has 3 rings (SSSR count). The normalized spacial score (nSPS) is 11.5. The van der Waals surface area contributed by atoms with E-state index in [9.17, 15) is 9.90 Å². The topological polar surface area (TPSA) is 79.8 Å². The van der Waals surface area contributed by atoms with E-state index in [4.69, 9.17) is 9.47 Å². The monoisotopic (exact) mass is 406 g/mol. The maximum atomic E-state index is 12.1. The van der Waals surface area contributed by atoms with Gasteiger partial charge in [-0.2, -0.15) is 0 Å². The molecule has 0 saturated heterocycles. The van der Waals surface area contributed by atoms with E-state index in [0.29, 0.717) is 18.0 Å². The average Bonchev–Trinajstić information content (AvgIpc) is 2.76. The Morgan fingerprint density at radius 2 is 1.70 bits per heavy atom. The van der Waals surface area contributed by atoms with Crippen LogP contribution in [0.4, 0.5) is 5.69 Å². The number of aliphatic hydroxyl groups excluding tert-OH is 1. The summed E-state index contributed by atoms with van der Waals surface area (Å²) in [7, 11) is 0. The van der Waals surface area contributed by atoms with Crippen LogP contribution in [0, 0.1) is 6.92 Å². The van der Waals surface area contributed by atoms with Gasteiger partial charge >= 0.3 is 0 Å². The SMILES string of the molecule is Cc1cccc(OCC(O)NCC(=O)Nc2ccc(OCc3ccccc3)cc2)c1. The van der Waals surface area contributed by atoms with Crippen LogP contribution < -0.4 is 20.1 Å². The fourth-order valence-corrected chi connectivity index (χ4v) is 2.73. The van der Waals surface area contributed by atoms with Gasteiger partial charge in [-0.3, -0.25) is 10.1 Å². The Morgan fingerprint density at radius 1 is 0.933 bits per heavy atom. The van der Waals surface area contributed by atoms with Crippen LogP contribution in [0.5, 0.6) is 11.5 Å². The summed E-state index contributed by atoms with van der Waals surface area (Å²) >= 11 is 0. The summed E-state index contributed by atoms with van der Waals surface area (Å²) in [6.07, 6.45) is -0.954. The Labute approximate surface area is 176 Å². The van der Waals surface area contributed by atoms with Crippen molar-refractivity contribution in [3.05, 3.63) is 90.0 Å². The first-order valence-corrected chi connectivity index (χ1v) is 9.76. The highest BCUT2D eigenvalue weighted by Gasteiger charge is 2.08. The summed E-state index contributed by atoms with van der Waals surface area (Å²) in [4.78, 5) is 12.1. The van der Waals surface area contributed by atoms with E-state index < -0.39 is 6.23 Å². The van der Waals surface area contributed by atoms with Gasteiger partial charge in [-0.1, -0.05) is 42.5 Å². The lowest BCUT2D eigenvalue weighted by molar-refractivity contribution is -0.116. The van der Waals surface area contributed by atoms with Gasteiger partial charge in [0.25, 0.3) is 0 Å². The fraction of sp³-hybridized carbons (Fsp3) is 0.208. The number of anilines is 1. The van der Waals surface area contributed by atoms with Crippen LogP contribution in [0.3, 0.4) is 0 Å². The summed E-state index contributed by atoms with van der Waals surface area (Å²) in [5, 5.41) is 15.5. The smallest absolute Gasteiger partial charge is 0.238 e. The van der Waals surface area contributed by atoms with Crippen LogP contribution in [0.25, 0.3) is 0 Å². The summed E-state index contributed by atoms with van der Waals surface area (Å²) in [5.74, 6) is 1.14. The fourth-order valence-electron chi connectivity index (χ4n) is 2.73. The number of benzene rings is 3. The molecule has 3 aromatic carbocycles. The molecule has 0 spiro atoms. The standard InChI is InChI=1S/C24H26N2O4/c1-18-6-5-9-22(14-18)30-17-24(28)25-15-23(27)26-20-10-12-21(13-11-20)29-16-19-7-3-2-4-8-19/h2-14,24-25,28H,15-17H2,1H3,(H,26,27). The lowest BCUT2D eigenvalue weighted by Crippen LogP contribution is -2.39. The van der Waals surface area contributed by atoms with E-state index in [0.717, 1.165) is 16.9 Å². The molecule has 3 aromatic rings. The zero-order chi connectivity index (χ0) is 21.2. The van der Waals surface area contributed by atoms with E-state index >= 15 is 0 Å². The van der Waals surface area contributed by atoms with E-state index in [1.807, 2.05) is 61.5 Å². The maximum absolute atomic E-state index is 12.1. The largest absolute Gasteiger partial charge is 0.489 e. The summed E-state index contributed by atoms with van der Waals surface area (Å²) in [6.45, 7) is 2.46. The summed E-state index contributed by atoms with van der Waals surface area (Å²) < 4.78 is 11.2. The number of aliphatic hydroxyl groups is 1. The Morgan fingerprint density at radius 3 is 2.43 bits per heavy atom. The highest BCUT2D eigenvalue weighted by atomic mass is 16.5. The molecule has 0 saturated carbocycles. The molecule has 6 nitrogen and oxygen atoms in total. The van der Waals surface area contributed by atoms with E-state index in [1.54, 1.807) is 24.3 Å². The number of rotatable bonds is 10. The zero-order valence-corrected chi connectivity index (χ0v) is 16.9. The lowest BCUT2D eigenvalue weighted by Gasteiger charge is -2.14. The quantitative estimate of drug-likeness (QED) is 0.449. The Balaban J connectivity index is 1.36. The number of hydrogen-bond acceptors (Lipinski definition) is 5. The van der Waals surface area contributed by atoms with E-state index in [1.165, 1.54) is 0 Å². The molecule has 1 atom stereocenters. The minimum absolute atomic E-state index is 0.0371. The van der Waals surface area contributed by atoms with Gasteiger partial charge in [0.05, 0.1) is 6.54 Å². The molecule has 3 N–H and O–H groups in total. The third-order valence-corrected chi connectivity index (χ3v) is 4.28. The van der Waals surface area contributed by atoms with Gasteiger partial charge < -0.3 is 19.9 Å². The number of carbonyl (C=O) groups is 1. The first-order valence-electron chi connectivity index (χ1n) is 9.76. The maximum Gasteiger partial charge on any atom is 0.238 e. The van der Waals surface area contributed by atoms with Crippen molar-refractivity contribution in [2.24, 2.45) is 0 Å². The van der Waals surface area contributed by atoms with Crippen molar-refractivity contribution < 1.29 is 19.4 Å². The zero-order valence-electron chi connectivity index (χ0n) is 16.9. The molecular weight excluding hydrogens is 380 g/mol. The number of nitrogens with one attached hydrogen (secondary N) is 2. The number of carbonyl (C=O) groups excluding carboxylic acids is 1. The highest BCUT2D eigenvalue weighted by Crippen LogP contribution is 2.17. The van der Waals surface area contributed by atoms with Crippen LogP contribution in [0.1, 0.15) is 11.1 Å². The predicted molar refractivity (Wildman–Crippen MR) is 117 cm³/mol. The minimum Gasteiger partial charge on any atom is -0.489 e. The molecular formula is C24H26N2O4. The molecule has 0 fully saturated rings. The van der Waals surface area contributed by atoms with E-state index in [-0.39, 0.29) is 19.1 Å². The molecule has 0 aliphatic carbocycles. The lowest BCUT2D eigenvalue weighted by atomic mass is 10.2. The van der Waals surface area contributed by atoms with Crippen LogP contribution in [0.2, 0.25) is 0 Å². The molecule has 1 amide bonds. The molecule has 30 heavy (non-hydrogen) atoms. The van der Waals surface area contributed by atoms with Gasteiger partial charge in [-0.15, -0.1) is 0 Å². The van der Waals surface area contributed by atoms with Crippen molar-refractivity contribution in [1.82, 2.24) is 5.32 Å². The van der Waals surface area contributed by atoms with Crippen molar-refractivity contribution in [3.63, 3.8) is 0 Å². The van der Waals surface area contributed by atoms with Crippen molar-refractivity contribution in [1.29, 1.82) is 0 Å². The Hall–Kier alpha value is -3.35. The average molecular weight is 406 g/mol. The highest BCUT2D eigenvalue weighted by molar-refractivity contribution is 5.92. The summed E-state index contributed by atoms with van der Waals surface area (Å²) in [5.41, 5.74) is 2.82. The third-order valence-electron chi connectivity index (χ3n) is 4.28. The molecule has 156 valence electrons. The van der Waals surface area contributed by atoms with Gasteiger partial charge in [-0.25, -0.2) is 0 Å². The Bertz CT molecular complexity index is 929. The molecule has 6 heteroatoms. The van der Waals surface area contributed by atoms with Crippen LogP contribution >= 0.6 is 0 Å². The van der Waals surface area contributed by atoms with Gasteiger partial charge in [-0.05, 0) is 54.4 Å². The molecule has 0 heterocycles. The van der Waals surface area contributed by atoms with Crippen molar-refractivity contribution in [2.75, 3.05) is 18.5 Å². The van der Waals surface area contributed by atoms with Crippen molar-refractivity contribution in [2.45, 2.75) is 19.8 Å². The number of hydrogen-bond donors (Lipinski definition) is 3. The number of amides is 1. The van der Waals surface area contributed by atoms with Crippen LogP contribution in [-0.4, -0.2) is 30.4 Å². The number of aryl methyl sites for hydroxylation is 1. The van der Waals surface area contributed by atoms with Crippen LogP contribution in [-0.2, 0) is 11.4 Å². The second-order valence-corrected chi connectivity index (χ2v) is 6.87. The van der Waals surface area contributed by atoms with Gasteiger partial charge in [0.2, 0.25) is 5.91 Å². The van der Waals surface area contributed by atoms with Crippen molar-refractivity contribution >= 4 is 11.6 Å². The first kappa shape index (κ1) is 21.4. The second-order valence-electron chi connectivity index (χ2n) is 6.87. The van der Waals surface area contributed by atoms with Gasteiger partial charge in [0.1, 0.15) is 30.9 Å². The van der Waals surface area contributed by atoms with Crippen LogP contribution in [0.15, 0.2) is 78.9 Å². The van der Waals surface area contributed by atoms with Gasteiger partial charge in [0, 0.05) is 5.69 Å². The predicted octanol–water partition coefficient (Wildman–Crippen LogP) is 3.50. The molecule has 0 aliphatic rings. The summed E-state index contributed by atoms with van der Waals surface area (Å²) in [6, 6.07) is 24.6. The number of ether oxygens (including phenoxy) is 2. The first-order chi connectivity index (χ1) is 14.6. The third kappa shape index (κ3) is 7.24. The minimum atomic E-state index is -0.954. The van der Waals surface area contributed by atoms with E-state index in [2.05, 4.69) is 10.6 Å². The molecule has 1 unspecified atom stereocenters. The second kappa shape index (κ2) is 11.0. The molecule has 0 aromatic heterocycles. The van der Waals surface area contributed by atoms with Crippen molar-refractivity contribution in [3.8, 4) is 11.5 Å². The Kier molecular flexibility index (Phi) is 7.83. The molecule has 0 aliphatic heterocycles. The molecule has 0 radical (unpaired) electrons. The van der Waals surface area contributed by atoms with Gasteiger partial charge in [0.15, 0.2) is 0 Å². The molecule has 0 bridgehead atoms.